The van der Waals surface area contributed by atoms with Gasteiger partial charge in [0.25, 0.3) is 0 Å². The smallest absolute Gasteiger partial charge is 0.330 e. The van der Waals surface area contributed by atoms with Crippen molar-refractivity contribution in [2.75, 3.05) is 19.8 Å². The van der Waals surface area contributed by atoms with Crippen LogP contribution in [-0.4, -0.2) is 38.9 Å². The molecule has 0 radical (unpaired) electrons. The van der Waals surface area contributed by atoms with E-state index in [0.717, 1.165) is 61.4 Å². The van der Waals surface area contributed by atoms with Gasteiger partial charge in [0, 0.05) is 38.1 Å². The Balaban J connectivity index is 1.43. The maximum atomic E-state index is 13.3. The molecule has 7 nitrogen and oxygen atoms in total. The molecule has 2 aromatic heterocycles. The standard InChI is InChI=1S/C23H26N4O3/c1-14-10-20-15(4-9-30-20)11-16(14)12-21-24-13-19-22(25-21)27(18-5-7-29-8-6-18)23(28)26(19)17-2-3-17/h10-11,13,17-18H,2-9,12H2,1H3. The molecule has 7 heteroatoms. The lowest BCUT2D eigenvalue weighted by molar-refractivity contribution is 0.0694. The Bertz CT molecular complexity index is 1190. The molecule has 1 saturated carbocycles. The predicted molar refractivity (Wildman–Crippen MR) is 112 cm³/mol. The van der Waals surface area contributed by atoms with Crippen LogP contribution < -0.4 is 10.4 Å². The summed E-state index contributed by atoms with van der Waals surface area (Å²) < 4.78 is 15.1. The van der Waals surface area contributed by atoms with Crippen LogP contribution >= 0.6 is 0 Å². The summed E-state index contributed by atoms with van der Waals surface area (Å²) in [6.45, 7) is 4.26. The lowest BCUT2D eigenvalue weighted by atomic mass is 10.0. The molecule has 0 amide bonds. The Morgan fingerprint density at radius 1 is 1.07 bits per heavy atom. The fraction of sp³-hybridized carbons (Fsp3) is 0.522. The van der Waals surface area contributed by atoms with Crippen molar-refractivity contribution in [1.29, 1.82) is 0 Å². The second-order valence-corrected chi connectivity index (χ2v) is 8.75. The molecule has 2 fully saturated rings. The summed E-state index contributed by atoms with van der Waals surface area (Å²) in [6.07, 6.45) is 7.30. The first-order chi connectivity index (χ1) is 14.7. The number of fused-ring (bicyclic) bond motifs is 2. The first kappa shape index (κ1) is 18.1. The monoisotopic (exact) mass is 406 g/mol. The van der Waals surface area contributed by atoms with Crippen molar-refractivity contribution in [3.05, 3.63) is 51.3 Å². The minimum Gasteiger partial charge on any atom is -0.493 e. The summed E-state index contributed by atoms with van der Waals surface area (Å²) in [5.41, 5.74) is 5.40. The van der Waals surface area contributed by atoms with E-state index < -0.39 is 0 Å². The Labute approximate surface area is 174 Å². The molecular weight excluding hydrogens is 380 g/mol. The summed E-state index contributed by atoms with van der Waals surface area (Å²) in [5, 5.41) is 0. The third-order valence-corrected chi connectivity index (χ3v) is 6.66. The van der Waals surface area contributed by atoms with Crippen LogP contribution in [0.3, 0.4) is 0 Å². The van der Waals surface area contributed by atoms with Crippen LogP contribution in [0.2, 0.25) is 0 Å². The molecular formula is C23H26N4O3. The lowest BCUT2D eigenvalue weighted by Gasteiger charge is -2.22. The first-order valence-electron chi connectivity index (χ1n) is 11.0. The zero-order valence-electron chi connectivity index (χ0n) is 17.3. The minimum absolute atomic E-state index is 0.0664. The van der Waals surface area contributed by atoms with Crippen molar-refractivity contribution in [2.45, 2.75) is 57.5 Å². The number of benzene rings is 1. The van der Waals surface area contributed by atoms with E-state index in [2.05, 4.69) is 24.0 Å². The van der Waals surface area contributed by atoms with E-state index in [0.29, 0.717) is 25.7 Å². The molecule has 1 aromatic carbocycles. The number of aryl methyl sites for hydroxylation is 1. The van der Waals surface area contributed by atoms with Gasteiger partial charge in [-0.2, -0.15) is 0 Å². The average molecular weight is 406 g/mol. The van der Waals surface area contributed by atoms with E-state index in [4.69, 9.17) is 14.5 Å². The van der Waals surface area contributed by atoms with Gasteiger partial charge in [-0.3, -0.25) is 9.13 Å². The summed E-state index contributed by atoms with van der Waals surface area (Å²) in [4.78, 5) is 22.9. The fourth-order valence-corrected chi connectivity index (χ4v) is 4.84. The third kappa shape index (κ3) is 2.95. The molecule has 6 rings (SSSR count). The van der Waals surface area contributed by atoms with Crippen molar-refractivity contribution in [1.82, 2.24) is 19.1 Å². The minimum atomic E-state index is 0.0664. The molecule has 30 heavy (non-hydrogen) atoms. The molecule has 156 valence electrons. The molecule has 0 unspecified atom stereocenters. The van der Waals surface area contributed by atoms with Crippen molar-refractivity contribution < 1.29 is 9.47 Å². The molecule has 0 spiro atoms. The van der Waals surface area contributed by atoms with Crippen molar-refractivity contribution in [3.8, 4) is 5.75 Å². The van der Waals surface area contributed by atoms with Gasteiger partial charge in [-0.05, 0) is 55.4 Å². The largest absolute Gasteiger partial charge is 0.493 e. The number of hydrogen-bond donors (Lipinski definition) is 0. The lowest BCUT2D eigenvalue weighted by Crippen LogP contribution is -2.30. The summed E-state index contributed by atoms with van der Waals surface area (Å²) >= 11 is 0. The number of imidazole rings is 1. The third-order valence-electron chi connectivity index (χ3n) is 6.66. The highest BCUT2D eigenvalue weighted by atomic mass is 16.5. The number of rotatable bonds is 4. The Morgan fingerprint density at radius 3 is 2.67 bits per heavy atom. The summed E-state index contributed by atoms with van der Waals surface area (Å²) in [5.74, 6) is 1.76. The van der Waals surface area contributed by atoms with Crippen LogP contribution in [0.4, 0.5) is 0 Å². The molecule has 4 heterocycles. The molecule has 2 aliphatic heterocycles. The second kappa shape index (κ2) is 6.94. The summed E-state index contributed by atoms with van der Waals surface area (Å²) in [7, 11) is 0. The molecule has 3 aliphatic rings. The van der Waals surface area contributed by atoms with Gasteiger partial charge < -0.3 is 9.47 Å². The second-order valence-electron chi connectivity index (χ2n) is 8.75. The molecule has 1 aliphatic carbocycles. The fourth-order valence-electron chi connectivity index (χ4n) is 4.84. The zero-order chi connectivity index (χ0) is 20.2. The van der Waals surface area contributed by atoms with Crippen LogP contribution in [0.25, 0.3) is 11.2 Å². The van der Waals surface area contributed by atoms with Crippen LogP contribution in [0.1, 0.15) is 60.3 Å². The Kier molecular flexibility index (Phi) is 4.19. The van der Waals surface area contributed by atoms with E-state index in [9.17, 15) is 4.79 Å². The normalized spacial score (nSPS) is 19.2. The van der Waals surface area contributed by atoms with Crippen molar-refractivity contribution in [2.24, 2.45) is 0 Å². The first-order valence-corrected chi connectivity index (χ1v) is 11.0. The van der Waals surface area contributed by atoms with E-state index in [-0.39, 0.29) is 11.7 Å². The quantitative estimate of drug-likeness (QED) is 0.666. The number of nitrogens with zero attached hydrogens (tertiary/aromatic N) is 4. The van der Waals surface area contributed by atoms with Gasteiger partial charge in [-0.1, -0.05) is 6.07 Å². The molecule has 0 atom stereocenters. The van der Waals surface area contributed by atoms with Gasteiger partial charge >= 0.3 is 5.69 Å². The molecule has 1 saturated heterocycles. The van der Waals surface area contributed by atoms with E-state index in [1.54, 1.807) is 0 Å². The maximum Gasteiger partial charge on any atom is 0.330 e. The van der Waals surface area contributed by atoms with Gasteiger partial charge in [-0.15, -0.1) is 0 Å². The zero-order valence-corrected chi connectivity index (χ0v) is 17.3. The Morgan fingerprint density at radius 2 is 1.87 bits per heavy atom. The van der Waals surface area contributed by atoms with Gasteiger partial charge in [0.1, 0.15) is 17.1 Å². The van der Waals surface area contributed by atoms with Crippen LogP contribution in [0.5, 0.6) is 5.75 Å². The van der Waals surface area contributed by atoms with Gasteiger partial charge in [0.2, 0.25) is 0 Å². The maximum absolute atomic E-state index is 13.3. The highest BCUT2D eigenvalue weighted by molar-refractivity contribution is 5.71. The van der Waals surface area contributed by atoms with Gasteiger partial charge in [-0.25, -0.2) is 14.8 Å². The van der Waals surface area contributed by atoms with Gasteiger partial charge in [0.15, 0.2) is 5.65 Å². The van der Waals surface area contributed by atoms with E-state index in [1.807, 2.05) is 15.3 Å². The topological polar surface area (TPSA) is 71.2 Å². The van der Waals surface area contributed by atoms with Crippen molar-refractivity contribution in [3.63, 3.8) is 0 Å². The van der Waals surface area contributed by atoms with Crippen LogP contribution in [-0.2, 0) is 17.6 Å². The number of aromatic nitrogens is 4. The molecule has 3 aromatic rings. The average Bonchev–Trinajstić information content (AvgIpc) is 3.41. The van der Waals surface area contributed by atoms with E-state index >= 15 is 0 Å². The molecule has 0 bridgehead atoms. The van der Waals surface area contributed by atoms with Crippen LogP contribution in [0, 0.1) is 6.92 Å². The highest BCUT2D eigenvalue weighted by Crippen LogP contribution is 2.37. The van der Waals surface area contributed by atoms with E-state index in [1.165, 1.54) is 16.7 Å². The van der Waals surface area contributed by atoms with Crippen molar-refractivity contribution >= 4 is 11.2 Å². The predicted octanol–water partition coefficient (Wildman–Crippen LogP) is 3.11. The number of hydrogen-bond acceptors (Lipinski definition) is 5. The summed E-state index contributed by atoms with van der Waals surface area (Å²) in [6, 6.07) is 4.80. The SMILES string of the molecule is Cc1cc2c(cc1Cc1ncc3c(n1)n(C1CCOCC1)c(=O)n3C1CC1)CCO2. The van der Waals surface area contributed by atoms with Crippen LogP contribution in [0.15, 0.2) is 23.1 Å². The van der Waals surface area contributed by atoms with Gasteiger partial charge in [0.05, 0.1) is 12.8 Å². The number of ether oxygens (including phenoxy) is 2. The Hall–Kier alpha value is -2.67. The highest BCUT2D eigenvalue weighted by Gasteiger charge is 2.32. The molecule has 0 N–H and O–H groups in total.